The highest BCUT2D eigenvalue weighted by atomic mass is 35.5. The van der Waals surface area contributed by atoms with Crippen molar-refractivity contribution in [2.45, 2.75) is 29.9 Å². The van der Waals surface area contributed by atoms with Gasteiger partial charge in [0.05, 0.1) is 17.7 Å². The number of allylic oxidation sites excluding steroid dienone is 1. The molecule has 152 valence electrons. The number of aliphatic imine (C=N–C) groups is 1. The van der Waals surface area contributed by atoms with E-state index < -0.39 is 5.97 Å². The molecule has 9 heteroatoms. The van der Waals surface area contributed by atoms with Gasteiger partial charge >= 0.3 is 5.97 Å². The van der Waals surface area contributed by atoms with E-state index in [4.69, 9.17) is 20.8 Å². The first-order chi connectivity index (χ1) is 14.5. The molecule has 0 spiro atoms. The van der Waals surface area contributed by atoms with Gasteiger partial charge < -0.3 is 9.15 Å². The molecule has 4 heterocycles. The van der Waals surface area contributed by atoms with Crippen molar-refractivity contribution in [1.82, 2.24) is 15.0 Å². The van der Waals surface area contributed by atoms with E-state index in [1.165, 1.54) is 18.9 Å². The number of ether oxygens (including phenoxy) is 1. The number of carbonyl (C=O) groups is 1. The molecule has 0 saturated heterocycles. The van der Waals surface area contributed by atoms with E-state index in [2.05, 4.69) is 19.9 Å². The van der Waals surface area contributed by atoms with Crippen LogP contribution >= 0.6 is 23.4 Å². The average Bonchev–Trinajstić information content (AvgIpc) is 3.19. The molecular formula is C21H17ClN4O3S. The number of pyridine rings is 2. The largest absolute Gasteiger partial charge is 0.465 e. The number of rotatable bonds is 5. The van der Waals surface area contributed by atoms with Gasteiger partial charge in [-0.25, -0.2) is 14.8 Å². The lowest BCUT2D eigenvalue weighted by Crippen LogP contribution is -2.17. The van der Waals surface area contributed by atoms with Crippen LogP contribution in [0.15, 0.2) is 62.5 Å². The summed E-state index contributed by atoms with van der Waals surface area (Å²) in [4.78, 5) is 29.2. The van der Waals surface area contributed by atoms with E-state index in [9.17, 15) is 4.79 Å². The lowest BCUT2D eigenvalue weighted by atomic mass is 10.0. The first-order valence-corrected chi connectivity index (χ1v) is 10.3. The third kappa shape index (κ3) is 4.44. The third-order valence-electron chi connectivity index (χ3n) is 4.36. The van der Waals surface area contributed by atoms with Crippen LogP contribution < -0.4 is 0 Å². The van der Waals surface area contributed by atoms with Gasteiger partial charge in [-0.15, -0.1) is 0 Å². The minimum atomic E-state index is -0.422. The summed E-state index contributed by atoms with van der Waals surface area (Å²) in [7, 11) is 1.34. The van der Waals surface area contributed by atoms with Gasteiger partial charge in [0.15, 0.2) is 5.09 Å². The number of aromatic nitrogens is 3. The quantitative estimate of drug-likeness (QED) is 0.516. The normalized spacial score (nSPS) is 13.6. The highest BCUT2D eigenvalue weighted by molar-refractivity contribution is 7.99. The fourth-order valence-corrected chi connectivity index (χ4v) is 3.83. The van der Waals surface area contributed by atoms with Crippen LogP contribution in [0.3, 0.4) is 0 Å². The molecule has 0 aromatic carbocycles. The smallest absolute Gasteiger partial charge is 0.352 e. The van der Waals surface area contributed by atoms with E-state index in [1.807, 2.05) is 19.1 Å². The molecule has 0 amide bonds. The fraction of sp³-hybridized carbons (Fsp3) is 0.190. The Bertz CT molecular complexity index is 1160. The first-order valence-electron chi connectivity index (χ1n) is 9.10. The van der Waals surface area contributed by atoms with Crippen LogP contribution in [0.5, 0.6) is 0 Å². The standard InChI is InChI=1S/C21H17ClN4O3S/c1-12-3-6-17(25-8-12)30-21-18(13-4-5-16(24-10-13)20(27)28-2)26-19(29-21)14-7-15(22)11-23-9-14/h3,6-11H,4-5H2,1-2H3. The average molecular weight is 441 g/mol. The molecule has 0 saturated carbocycles. The lowest BCUT2D eigenvalue weighted by Gasteiger charge is -2.11. The van der Waals surface area contributed by atoms with Gasteiger partial charge in [-0.3, -0.25) is 9.98 Å². The number of hydrogen-bond acceptors (Lipinski definition) is 8. The molecule has 4 rings (SSSR count). The third-order valence-corrected chi connectivity index (χ3v) is 5.48. The second kappa shape index (κ2) is 8.81. The Morgan fingerprint density at radius 2 is 2.10 bits per heavy atom. The van der Waals surface area contributed by atoms with E-state index in [0.29, 0.717) is 45.8 Å². The number of hydrogen-bond donors (Lipinski definition) is 0. The minimum Gasteiger partial charge on any atom is -0.465 e. The molecule has 0 aliphatic carbocycles. The van der Waals surface area contributed by atoms with E-state index >= 15 is 0 Å². The number of methoxy groups -OCH3 is 1. The van der Waals surface area contributed by atoms with Gasteiger partial charge in [0.25, 0.3) is 0 Å². The molecule has 30 heavy (non-hydrogen) atoms. The van der Waals surface area contributed by atoms with Gasteiger partial charge in [0.1, 0.15) is 16.4 Å². The van der Waals surface area contributed by atoms with Gasteiger partial charge in [0.2, 0.25) is 5.89 Å². The Labute approximate surface area is 182 Å². The van der Waals surface area contributed by atoms with Crippen LogP contribution in [0.4, 0.5) is 0 Å². The number of oxazole rings is 1. The van der Waals surface area contributed by atoms with Crippen molar-refractivity contribution in [2.75, 3.05) is 7.11 Å². The second-order valence-electron chi connectivity index (χ2n) is 6.54. The van der Waals surface area contributed by atoms with Crippen molar-refractivity contribution in [3.05, 3.63) is 59.3 Å². The molecule has 1 aliphatic rings. The Kier molecular flexibility index (Phi) is 5.96. The number of aryl methyl sites for hydroxylation is 1. The molecule has 3 aromatic rings. The second-order valence-corrected chi connectivity index (χ2v) is 7.97. The summed E-state index contributed by atoms with van der Waals surface area (Å²) in [6, 6.07) is 5.65. The van der Waals surface area contributed by atoms with E-state index in [-0.39, 0.29) is 0 Å². The summed E-state index contributed by atoms with van der Waals surface area (Å²) >= 11 is 7.45. The lowest BCUT2D eigenvalue weighted by molar-refractivity contribution is -0.132. The molecule has 3 aromatic heterocycles. The van der Waals surface area contributed by atoms with Crippen molar-refractivity contribution >= 4 is 40.6 Å². The zero-order valence-electron chi connectivity index (χ0n) is 16.3. The summed E-state index contributed by atoms with van der Waals surface area (Å²) in [5.74, 6) is -0.0205. The number of carbonyl (C=O) groups excluding carboxylic acids is 1. The van der Waals surface area contributed by atoms with E-state index in [0.717, 1.165) is 16.2 Å². The molecule has 0 atom stereocenters. The molecule has 0 fully saturated rings. The minimum absolute atomic E-state index is 0.387. The predicted octanol–water partition coefficient (Wildman–Crippen LogP) is 4.99. The van der Waals surface area contributed by atoms with Crippen molar-refractivity contribution in [1.29, 1.82) is 0 Å². The maximum absolute atomic E-state index is 11.7. The Hall–Kier alpha value is -2.97. The molecule has 0 radical (unpaired) electrons. The Balaban J connectivity index is 1.74. The zero-order valence-corrected chi connectivity index (χ0v) is 17.8. The summed E-state index contributed by atoms with van der Waals surface area (Å²) < 4.78 is 10.8. The summed E-state index contributed by atoms with van der Waals surface area (Å²) in [5, 5.41) is 1.86. The molecule has 7 nitrogen and oxygen atoms in total. The van der Waals surface area contributed by atoms with Gasteiger partial charge in [-0.1, -0.05) is 17.7 Å². The van der Waals surface area contributed by atoms with Crippen LogP contribution in [0.2, 0.25) is 5.02 Å². The monoisotopic (exact) mass is 440 g/mol. The van der Waals surface area contributed by atoms with Crippen molar-refractivity contribution in [3.63, 3.8) is 0 Å². The predicted molar refractivity (Wildman–Crippen MR) is 115 cm³/mol. The fourth-order valence-electron chi connectivity index (χ4n) is 2.83. The molecule has 0 bridgehead atoms. The van der Waals surface area contributed by atoms with Gasteiger partial charge in [0, 0.05) is 36.8 Å². The molecular weight excluding hydrogens is 424 g/mol. The van der Waals surface area contributed by atoms with E-state index in [1.54, 1.807) is 30.9 Å². The summed E-state index contributed by atoms with van der Waals surface area (Å²) in [6.07, 6.45) is 7.68. The van der Waals surface area contributed by atoms with Crippen LogP contribution in [0.1, 0.15) is 24.1 Å². The zero-order chi connectivity index (χ0) is 21.1. The first kappa shape index (κ1) is 20.3. The van der Waals surface area contributed by atoms with Crippen LogP contribution in [0.25, 0.3) is 17.0 Å². The summed E-state index contributed by atoms with van der Waals surface area (Å²) in [6.45, 7) is 1.98. The summed E-state index contributed by atoms with van der Waals surface area (Å²) in [5.41, 5.74) is 3.65. The number of esters is 1. The highest BCUT2D eigenvalue weighted by Gasteiger charge is 2.23. The van der Waals surface area contributed by atoms with Crippen molar-refractivity contribution in [3.8, 4) is 11.5 Å². The highest BCUT2D eigenvalue weighted by Crippen LogP contribution is 2.38. The van der Waals surface area contributed by atoms with Crippen molar-refractivity contribution < 1.29 is 13.9 Å². The van der Waals surface area contributed by atoms with Gasteiger partial charge in [-0.2, -0.15) is 0 Å². The Morgan fingerprint density at radius 1 is 1.23 bits per heavy atom. The number of halogens is 1. The van der Waals surface area contributed by atoms with Crippen LogP contribution in [0, 0.1) is 6.92 Å². The molecule has 1 aliphatic heterocycles. The number of nitrogens with zero attached hydrogens (tertiary/aromatic N) is 4. The van der Waals surface area contributed by atoms with Crippen LogP contribution in [-0.2, 0) is 9.53 Å². The van der Waals surface area contributed by atoms with Gasteiger partial charge in [-0.05, 0) is 42.8 Å². The topological polar surface area (TPSA) is 90.5 Å². The Morgan fingerprint density at radius 3 is 2.77 bits per heavy atom. The SMILES string of the molecule is COC(=O)C1=NC=C(c2nc(-c3cncc(Cl)c3)oc2Sc2ccc(C)cn2)CC1. The maximum atomic E-state index is 11.7. The molecule has 0 N–H and O–H groups in total. The molecule has 0 unspecified atom stereocenters. The van der Waals surface area contributed by atoms with Crippen molar-refractivity contribution in [2.24, 2.45) is 4.99 Å². The maximum Gasteiger partial charge on any atom is 0.352 e. The van der Waals surface area contributed by atoms with Crippen LogP contribution in [-0.4, -0.2) is 33.7 Å².